The predicted octanol–water partition coefficient (Wildman–Crippen LogP) is 4.34. The lowest BCUT2D eigenvalue weighted by Gasteiger charge is -2.15. The number of para-hydroxylation sites is 1. The summed E-state index contributed by atoms with van der Waals surface area (Å²) >= 11 is 0. The number of hydrogen-bond acceptors (Lipinski definition) is 4. The summed E-state index contributed by atoms with van der Waals surface area (Å²) in [7, 11) is 0. The first-order chi connectivity index (χ1) is 15.3. The molecule has 0 saturated heterocycles. The van der Waals surface area contributed by atoms with Gasteiger partial charge in [0, 0.05) is 19.2 Å². The molecule has 168 valence electrons. The molecule has 2 N–H and O–H groups in total. The van der Waals surface area contributed by atoms with E-state index in [4.69, 9.17) is 14.5 Å². The largest absolute Gasteiger partial charge is 0.488 e. The Balaban J connectivity index is 0.00000289. The van der Waals surface area contributed by atoms with Crippen molar-refractivity contribution in [3.63, 3.8) is 0 Å². The molecule has 7 heteroatoms. The highest BCUT2D eigenvalue weighted by Gasteiger charge is 2.22. The molecule has 0 amide bonds. The Bertz CT molecular complexity index is 989. The molecule has 32 heavy (non-hydrogen) atoms. The number of pyridine rings is 1. The summed E-state index contributed by atoms with van der Waals surface area (Å²) in [6.07, 6.45) is 2.80. The summed E-state index contributed by atoms with van der Waals surface area (Å²) in [5.41, 5.74) is 3.25. The van der Waals surface area contributed by atoms with Crippen molar-refractivity contribution in [2.75, 3.05) is 13.1 Å². The Morgan fingerprint density at radius 2 is 1.97 bits per heavy atom. The van der Waals surface area contributed by atoms with Crippen molar-refractivity contribution in [1.82, 2.24) is 15.6 Å². The van der Waals surface area contributed by atoms with E-state index in [1.807, 2.05) is 48.5 Å². The third kappa shape index (κ3) is 6.85. The summed E-state index contributed by atoms with van der Waals surface area (Å²) in [6.45, 7) is 4.56. The molecule has 6 nitrogen and oxygen atoms in total. The summed E-state index contributed by atoms with van der Waals surface area (Å²) in [6, 6.07) is 22.0. The standard InChI is InChI=1S/C25H28N4O2.HI/c1-2-26-25(29-17-23-15-20-9-3-4-12-24(20)31-23)28-16-19-8-7-11-22(14-19)30-18-21-10-5-6-13-27-21;/h3-14,23H,2,15-18H2,1H3,(H2,26,28,29);1H. The lowest BCUT2D eigenvalue weighted by atomic mass is 10.1. The first-order valence-corrected chi connectivity index (χ1v) is 10.7. The van der Waals surface area contributed by atoms with Crippen LogP contribution in [0.5, 0.6) is 11.5 Å². The molecule has 2 aromatic carbocycles. The lowest BCUT2D eigenvalue weighted by Crippen LogP contribution is -2.42. The van der Waals surface area contributed by atoms with Gasteiger partial charge in [0.1, 0.15) is 24.2 Å². The number of aromatic nitrogens is 1. The average molecular weight is 544 g/mol. The zero-order chi connectivity index (χ0) is 21.3. The normalized spacial score (nSPS) is 14.7. The number of nitrogens with zero attached hydrogens (tertiary/aromatic N) is 2. The third-order valence-corrected chi connectivity index (χ3v) is 4.99. The topological polar surface area (TPSA) is 67.8 Å². The van der Waals surface area contributed by atoms with Crippen LogP contribution in [0.3, 0.4) is 0 Å². The number of aliphatic imine (C=N–C) groups is 1. The highest BCUT2D eigenvalue weighted by Crippen LogP contribution is 2.27. The van der Waals surface area contributed by atoms with Crippen molar-refractivity contribution < 1.29 is 9.47 Å². The second kappa shape index (κ2) is 12.3. The van der Waals surface area contributed by atoms with Crippen molar-refractivity contribution in [1.29, 1.82) is 0 Å². The Hall–Kier alpha value is -2.81. The molecular formula is C25H29IN4O2. The van der Waals surface area contributed by atoms with E-state index in [1.54, 1.807) is 6.20 Å². The van der Waals surface area contributed by atoms with Gasteiger partial charge in [-0.1, -0.05) is 36.4 Å². The van der Waals surface area contributed by atoms with Gasteiger partial charge in [0.15, 0.2) is 5.96 Å². The Kier molecular flexibility index (Phi) is 9.15. The quantitative estimate of drug-likeness (QED) is 0.251. The van der Waals surface area contributed by atoms with Crippen LogP contribution in [0, 0.1) is 0 Å². The van der Waals surface area contributed by atoms with Gasteiger partial charge in [-0.2, -0.15) is 0 Å². The van der Waals surface area contributed by atoms with Crippen molar-refractivity contribution in [3.8, 4) is 11.5 Å². The van der Waals surface area contributed by atoms with Gasteiger partial charge in [-0.25, -0.2) is 4.99 Å². The minimum atomic E-state index is 0. The van der Waals surface area contributed by atoms with Crippen LogP contribution in [0.1, 0.15) is 23.7 Å². The van der Waals surface area contributed by atoms with Gasteiger partial charge in [-0.3, -0.25) is 4.98 Å². The molecule has 0 bridgehead atoms. The van der Waals surface area contributed by atoms with E-state index in [0.717, 1.165) is 41.7 Å². The third-order valence-electron chi connectivity index (χ3n) is 4.99. The van der Waals surface area contributed by atoms with E-state index >= 15 is 0 Å². The average Bonchev–Trinajstić information content (AvgIpc) is 3.23. The Morgan fingerprint density at radius 1 is 1.09 bits per heavy atom. The lowest BCUT2D eigenvalue weighted by molar-refractivity contribution is 0.235. The maximum Gasteiger partial charge on any atom is 0.191 e. The predicted molar refractivity (Wildman–Crippen MR) is 138 cm³/mol. The van der Waals surface area contributed by atoms with E-state index in [1.165, 1.54) is 5.56 Å². The first-order valence-electron chi connectivity index (χ1n) is 10.7. The monoisotopic (exact) mass is 544 g/mol. The number of rotatable bonds is 8. The van der Waals surface area contributed by atoms with E-state index in [-0.39, 0.29) is 30.1 Å². The minimum absolute atomic E-state index is 0. The summed E-state index contributed by atoms with van der Waals surface area (Å²) in [4.78, 5) is 9.01. The highest BCUT2D eigenvalue weighted by molar-refractivity contribution is 14.0. The van der Waals surface area contributed by atoms with E-state index in [9.17, 15) is 0 Å². The number of hydrogen-bond donors (Lipinski definition) is 2. The van der Waals surface area contributed by atoms with Crippen LogP contribution in [0.15, 0.2) is 77.9 Å². The molecule has 3 aromatic rings. The van der Waals surface area contributed by atoms with Gasteiger partial charge in [0.2, 0.25) is 0 Å². The van der Waals surface area contributed by atoms with Gasteiger partial charge < -0.3 is 20.1 Å². The maximum atomic E-state index is 6.01. The number of guanidine groups is 1. The minimum Gasteiger partial charge on any atom is -0.488 e. The molecule has 0 saturated carbocycles. The molecule has 1 unspecified atom stereocenters. The van der Waals surface area contributed by atoms with Crippen LogP contribution in [0.25, 0.3) is 0 Å². The summed E-state index contributed by atoms with van der Waals surface area (Å²) in [5.74, 6) is 2.58. The molecule has 1 aliphatic heterocycles. The fraction of sp³-hybridized carbons (Fsp3) is 0.280. The molecule has 0 radical (unpaired) electrons. The van der Waals surface area contributed by atoms with Gasteiger partial charge >= 0.3 is 0 Å². The number of fused-ring (bicyclic) bond motifs is 1. The summed E-state index contributed by atoms with van der Waals surface area (Å²) < 4.78 is 11.9. The number of ether oxygens (including phenoxy) is 2. The number of nitrogens with one attached hydrogen (secondary N) is 2. The van der Waals surface area contributed by atoms with E-state index < -0.39 is 0 Å². The molecule has 1 atom stereocenters. The summed E-state index contributed by atoms with van der Waals surface area (Å²) in [5, 5.41) is 6.71. The van der Waals surface area contributed by atoms with Gasteiger partial charge in [-0.05, 0) is 48.4 Å². The van der Waals surface area contributed by atoms with Crippen molar-refractivity contribution in [2.24, 2.45) is 4.99 Å². The molecule has 4 rings (SSSR count). The second-order valence-electron chi connectivity index (χ2n) is 7.38. The van der Waals surface area contributed by atoms with Gasteiger partial charge in [0.05, 0.1) is 18.8 Å². The van der Waals surface area contributed by atoms with E-state index in [2.05, 4.69) is 40.7 Å². The smallest absolute Gasteiger partial charge is 0.191 e. The molecular weight excluding hydrogens is 515 g/mol. The van der Waals surface area contributed by atoms with Gasteiger partial charge in [-0.15, -0.1) is 24.0 Å². The van der Waals surface area contributed by atoms with Crippen molar-refractivity contribution in [3.05, 3.63) is 89.7 Å². The maximum absolute atomic E-state index is 6.01. The molecule has 1 aliphatic rings. The van der Waals surface area contributed by atoms with Crippen molar-refractivity contribution >= 4 is 29.9 Å². The molecule has 1 aromatic heterocycles. The second-order valence-corrected chi connectivity index (χ2v) is 7.38. The fourth-order valence-electron chi connectivity index (χ4n) is 3.46. The Morgan fingerprint density at radius 3 is 2.78 bits per heavy atom. The number of halogens is 1. The van der Waals surface area contributed by atoms with Crippen LogP contribution >= 0.6 is 24.0 Å². The number of benzene rings is 2. The highest BCUT2D eigenvalue weighted by atomic mass is 127. The van der Waals surface area contributed by atoms with Gasteiger partial charge in [0.25, 0.3) is 0 Å². The SMILES string of the molecule is CCNC(=NCc1cccc(OCc2ccccn2)c1)NCC1Cc2ccccc2O1.I. The van der Waals surface area contributed by atoms with Crippen LogP contribution in [-0.4, -0.2) is 30.1 Å². The van der Waals surface area contributed by atoms with Crippen LogP contribution < -0.4 is 20.1 Å². The fourth-order valence-corrected chi connectivity index (χ4v) is 3.46. The van der Waals surface area contributed by atoms with E-state index in [0.29, 0.717) is 19.7 Å². The zero-order valence-corrected chi connectivity index (χ0v) is 20.5. The molecule has 0 spiro atoms. The van der Waals surface area contributed by atoms with Crippen LogP contribution in [-0.2, 0) is 19.6 Å². The first kappa shape index (κ1) is 23.8. The van der Waals surface area contributed by atoms with Crippen molar-refractivity contribution in [2.45, 2.75) is 32.6 Å². The van der Waals surface area contributed by atoms with Crippen LogP contribution in [0.2, 0.25) is 0 Å². The zero-order valence-electron chi connectivity index (χ0n) is 18.2. The molecule has 0 fully saturated rings. The van der Waals surface area contributed by atoms with Crippen LogP contribution in [0.4, 0.5) is 0 Å². The Labute approximate surface area is 206 Å². The molecule has 0 aliphatic carbocycles. The molecule has 2 heterocycles.